The zero-order valence-electron chi connectivity index (χ0n) is 17.3. The molecule has 0 fully saturated rings. The normalized spacial score (nSPS) is 10.7. The van der Waals surface area contributed by atoms with Crippen molar-refractivity contribution in [2.75, 3.05) is 11.9 Å². The summed E-state index contributed by atoms with van der Waals surface area (Å²) in [6.07, 6.45) is 0.519. The third-order valence-corrected chi connectivity index (χ3v) is 5.01. The number of amides is 2. The van der Waals surface area contributed by atoms with E-state index in [1.807, 2.05) is 78.2 Å². The molecule has 4 rings (SSSR count). The zero-order chi connectivity index (χ0) is 21.6. The molecule has 0 atom stereocenters. The number of imidazole rings is 1. The van der Waals surface area contributed by atoms with Crippen molar-refractivity contribution in [1.82, 2.24) is 14.9 Å². The van der Waals surface area contributed by atoms with Crippen LogP contribution in [0, 0.1) is 6.92 Å². The fourth-order valence-corrected chi connectivity index (χ4v) is 3.54. The number of fused-ring (bicyclic) bond motifs is 1. The van der Waals surface area contributed by atoms with Crippen LogP contribution in [0.2, 0.25) is 0 Å². The minimum Gasteiger partial charge on any atom is -0.352 e. The Labute approximate surface area is 180 Å². The molecule has 0 saturated carbocycles. The Kier molecular flexibility index (Phi) is 6.08. The summed E-state index contributed by atoms with van der Waals surface area (Å²) in [7, 11) is 0. The van der Waals surface area contributed by atoms with Gasteiger partial charge < -0.3 is 15.2 Å². The fraction of sp³-hybridized carbons (Fsp3) is 0.160. The summed E-state index contributed by atoms with van der Waals surface area (Å²) in [5, 5.41) is 5.88. The maximum absolute atomic E-state index is 12.7. The molecule has 1 aromatic heterocycles. The first-order valence-electron chi connectivity index (χ1n) is 10.2. The van der Waals surface area contributed by atoms with E-state index in [-0.39, 0.29) is 18.4 Å². The van der Waals surface area contributed by atoms with Crippen molar-refractivity contribution in [3.05, 3.63) is 95.8 Å². The van der Waals surface area contributed by atoms with E-state index in [0.29, 0.717) is 18.5 Å². The van der Waals surface area contributed by atoms with E-state index < -0.39 is 0 Å². The Morgan fingerprint density at radius 3 is 2.52 bits per heavy atom. The molecule has 4 aromatic rings. The highest BCUT2D eigenvalue weighted by atomic mass is 16.2. The second-order valence-corrected chi connectivity index (χ2v) is 7.39. The number of hydrogen-bond donors (Lipinski definition) is 2. The quantitative estimate of drug-likeness (QED) is 0.482. The average Bonchev–Trinajstić information content (AvgIpc) is 3.11. The van der Waals surface area contributed by atoms with Crippen molar-refractivity contribution < 1.29 is 9.59 Å². The summed E-state index contributed by atoms with van der Waals surface area (Å²) in [5.74, 6) is 0.512. The van der Waals surface area contributed by atoms with E-state index in [1.54, 1.807) is 12.1 Å². The summed E-state index contributed by atoms with van der Waals surface area (Å²) in [4.78, 5) is 29.7. The second-order valence-electron chi connectivity index (χ2n) is 7.39. The van der Waals surface area contributed by atoms with Crippen LogP contribution in [-0.4, -0.2) is 27.9 Å². The monoisotopic (exact) mass is 412 g/mol. The molecule has 0 spiro atoms. The number of hydrogen-bond acceptors (Lipinski definition) is 3. The Bertz CT molecular complexity index is 1210. The molecular weight excluding hydrogens is 388 g/mol. The van der Waals surface area contributed by atoms with Crippen LogP contribution in [0.25, 0.3) is 11.0 Å². The van der Waals surface area contributed by atoms with E-state index in [4.69, 9.17) is 0 Å². The van der Waals surface area contributed by atoms with E-state index in [1.165, 1.54) is 0 Å². The molecule has 0 aliphatic carbocycles. The van der Waals surface area contributed by atoms with Crippen LogP contribution in [0.4, 0.5) is 5.69 Å². The SMILES string of the molecule is Cc1cccc(NC(=O)Cn2c(CCNC(=O)c3ccccc3)nc3ccccc32)c1. The number of carbonyl (C=O) groups excluding carboxylic acids is 2. The molecule has 0 radical (unpaired) electrons. The summed E-state index contributed by atoms with van der Waals surface area (Å²) < 4.78 is 1.91. The van der Waals surface area contributed by atoms with Gasteiger partial charge in [0.2, 0.25) is 5.91 Å². The van der Waals surface area contributed by atoms with Crippen molar-refractivity contribution in [3.63, 3.8) is 0 Å². The molecule has 6 heteroatoms. The summed E-state index contributed by atoms with van der Waals surface area (Å²) in [6.45, 7) is 2.56. The lowest BCUT2D eigenvalue weighted by atomic mass is 10.2. The predicted molar refractivity (Wildman–Crippen MR) is 122 cm³/mol. The van der Waals surface area contributed by atoms with Gasteiger partial charge in [0.1, 0.15) is 12.4 Å². The lowest BCUT2D eigenvalue weighted by Crippen LogP contribution is -2.27. The smallest absolute Gasteiger partial charge is 0.251 e. The predicted octanol–water partition coefficient (Wildman–Crippen LogP) is 3.96. The molecule has 0 bridgehead atoms. The molecule has 31 heavy (non-hydrogen) atoms. The molecule has 0 aliphatic heterocycles. The number of para-hydroxylation sites is 2. The maximum atomic E-state index is 12.7. The van der Waals surface area contributed by atoms with Crippen molar-refractivity contribution in [2.45, 2.75) is 19.9 Å². The van der Waals surface area contributed by atoms with Gasteiger partial charge in [-0.1, -0.05) is 42.5 Å². The number of anilines is 1. The number of carbonyl (C=O) groups is 2. The lowest BCUT2D eigenvalue weighted by molar-refractivity contribution is -0.116. The molecule has 2 amide bonds. The summed E-state index contributed by atoms with van der Waals surface area (Å²) in [6, 6.07) is 24.5. The maximum Gasteiger partial charge on any atom is 0.251 e. The van der Waals surface area contributed by atoms with Gasteiger partial charge in [-0.2, -0.15) is 0 Å². The first kappa shape index (κ1) is 20.3. The van der Waals surface area contributed by atoms with E-state index in [2.05, 4.69) is 15.6 Å². The van der Waals surface area contributed by atoms with Crippen molar-refractivity contribution >= 4 is 28.5 Å². The average molecular weight is 412 g/mol. The highest BCUT2D eigenvalue weighted by Gasteiger charge is 2.14. The molecule has 0 unspecified atom stereocenters. The number of rotatable bonds is 7. The Balaban J connectivity index is 1.47. The molecule has 0 saturated heterocycles. The number of aromatic nitrogens is 2. The topological polar surface area (TPSA) is 76.0 Å². The highest BCUT2D eigenvalue weighted by molar-refractivity contribution is 5.94. The molecule has 156 valence electrons. The van der Waals surface area contributed by atoms with Crippen LogP contribution < -0.4 is 10.6 Å². The minimum absolute atomic E-state index is 0.122. The fourth-order valence-electron chi connectivity index (χ4n) is 3.54. The molecule has 1 heterocycles. The third-order valence-electron chi connectivity index (χ3n) is 5.01. The van der Waals surface area contributed by atoms with Crippen LogP contribution in [-0.2, 0) is 17.8 Å². The first-order valence-corrected chi connectivity index (χ1v) is 10.2. The lowest BCUT2D eigenvalue weighted by Gasteiger charge is -2.11. The Morgan fingerprint density at radius 1 is 0.935 bits per heavy atom. The van der Waals surface area contributed by atoms with Gasteiger partial charge in [-0.25, -0.2) is 4.98 Å². The van der Waals surface area contributed by atoms with Crippen LogP contribution in [0.15, 0.2) is 78.9 Å². The van der Waals surface area contributed by atoms with Gasteiger partial charge in [0.05, 0.1) is 11.0 Å². The number of benzene rings is 3. The van der Waals surface area contributed by atoms with E-state index in [9.17, 15) is 9.59 Å². The molecular formula is C25H24N4O2. The van der Waals surface area contributed by atoms with Crippen molar-refractivity contribution in [2.24, 2.45) is 0 Å². The molecule has 0 aliphatic rings. The van der Waals surface area contributed by atoms with Crippen LogP contribution >= 0.6 is 0 Å². The van der Waals surface area contributed by atoms with Gasteiger partial charge in [0.15, 0.2) is 0 Å². The number of aryl methyl sites for hydroxylation is 1. The largest absolute Gasteiger partial charge is 0.352 e. The molecule has 3 aromatic carbocycles. The van der Waals surface area contributed by atoms with Crippen molar-refractivity contribution in [1.29, 1.82) is 0 Å². The van der Waals surface area contributed by atoms with Gasteiger partial charge in [-0.05, 0) is 48.9 Å². The van der Waals surface area contributed by atoms with Gasteiger partial charge in [-0.15, -0.1) is 0 Å². The summed E-state index contributed by atoms with van der Waals surface area (Å²) in [5.41, 5.74) is 4.20. The summed E-state index contributed by atoms with van der Waals surface area (Å²) >= 11 is 0. The van der Waals surface area contributed by atoms with Crippen LogP contribution in [0.5, 0.6) is 0 Å². The molecule has 2 N–H and O–H groups in total. The van der Waals surface area contributed by atoms with Crippen molar-refractivity contribution in [3.8, 4) is 0 Å². The standard InChI is InChI=1S/C25H24N4O2/c1-18-8-7-11-20(16-18)27-24(30)17-29-22-13-6-5-12-21(22)28-23(29)14-15-26-25(31)19-9-3-2-4-10-19/h2-13,16H,14-15,17H2,1H3,(H,26,31)(H,27,30). The van der Waals surface area contributed by atoms with Gasteiger partial charge in [0, 0.05) is 24.2 Å². The Hall–Kier alpha value is -3.93. The van der Waals surface area contributed by atoms with E-state index in [0.717, 1.165) is 28.1 Å². The van der Waals surface area contributed by atoms with Gasteiger partial charge in [0.25, 0.3) is 5.91 Å². The van der Waals surface area contributed by atoms with Gasteiger partial charge >= 0.3 is 0 Å². The van der Waals surface area contributed by atoms with Crippen LogP contribution in [0.3, 0.4) is 0 Å². The number of nitrogens with zero attached hydrogens (tertiary/aromatic N) is 2. The minimum atomic E-state index is -0.125. The van der Waals surface area contributed by atoms with Crippen LogP contribution in [0.1, 0.15) is 21.7 Å². The first-order chi connectivity index (χ1) is 15.1. The van der Waals surface area contributed by atoms with E-state index >= 15 is 0 Å². The van der Waals surface area contributed by atoms with Gasteiger partial charge in [-0.3, -0.25) is 9.59 Å². The second kappa shape index (κ2) is 9.26. The number of nitrogens with one attached hydrogen (secondary N) is 2. The Morgan fingerprint density at radius 2 is 1.71 bits per heavy atom. The third kappa shape index (κ3) is 4.98. The highest BCUT2D eigenvalue weighted by Crippen LogP contribution is 2.17. The molecule has 6 nitrogen and oxygen atoms in total. The zero-order valence-corrected chi connectivity index (χ0v) is 17.3.